The molecule has 2 aromatic rings. The molecule has 100 valence electrons. The quantitative estimate of drug-likeness (QED) is 0.409. The second kappa shape index (κ2) is 6.35. The molecule has 0 aliphatic heterocycles. The molecule has 0 radical (unpaired) electrons. The number of rotatable bonds is 3. The van der Waals surface area contributed by atoms with Crippen LogP contribution in [0.2, 0.25) is 0 Å². The predicted octanol–water partition coefficient (Wildman–Crippen LogP) is 6.04. The summed E-state index contributed by atoms with van der Waals surface area (Å²) in [4.78, 5) is 0.0983. The third-order valence-electron chi connectivity index (χ3n) is 3.13. The van der Waals surface area contributed by atoms with Gasteiger partial charge >= 0.3 is 0 Å². The van der Waals surface area contributed by atoms with E-state index in [1.165, 1.54) is 17.2 Å². The molecular formula is C16H15BrFI. The van der Waals surface area contributed by atoms with Gasteiger partial charge in [-0.2, -0.15) is 0 Å². The van der Waals surface area contributed by atoms with E-state index < -0.39 is 0 Å². The molecule has 0 heterocycles. The first-order valence-corrected chi connectivity index (χ1v) is 8.17. The third-order valence-corrected chi connectivity index (χ3v) is 5.09. The van der Waals surface area contributed by atoms with Crippen LogP contribution in [0.5, 0.6) is 0 Å². The van der Waals surface area contributed by atoms with Crippen LogP contribution in [0, 0.1) is 9.39 Å². The smallest absolute Gasteiger partial charge is 0.124 e. The van der Waals surface area contributed by atoms with Gasteiger partial charge in [0, 0.05) is 3.57 Å². The summed E-state index contributed by atoms with van der Waals surface area (Å²) in [5.41, 5.74) is 3.62. The van der Waals surface area contributed by atoms with Gasteiger partial charge in [0.2, 0.25) is 0 Å². The summed E-state index contributed by atoms with van der Waals surface area (Å²) in [5.74, 6) is 0.344. The topological polar surface area (TPSA) is 0 Å². The van der Waals surface area contributed by atoms with Gasteiger partial charge in [-0.1, -0.05) is 60.1 Å². The molecule has 0 nitrogen and oxygen atoms in total. The minimum absolute atomic E-state index is 0.0983. The minimum Gasteiger partial charge on any atom is -0.207 e. The Morgan fingerprint density at radius 3 is 2.11 bits per heavy atom. The van der Waals surface area contributed by atoms with Crippen LogP contribution >= 0.6 is 38.5 Å². The van der Waals surface area contributed by atoms with Crippen LogP contribution in [0.25, 0.3) is 0 Å². The summed E-state index contributed by atoms with van der Waals surface area (Å²) in [7, 11) is 0. The molecule has 2 aromatic carbocycles. The van der Waals surface area contributed by atoms with Gasteiger partial charge < -0.3 is 0 Å². The highest BCUT2D eigenvalue weighted by atomic mass is 127. The number of halogens is 3. The Labute approximate surface area is 135 Å². The van der Waals surface area contributed by atoms with Crippen molar-refractivity contribution in [2.24, 2.45) is 0 Å². The molecule has 0 bridgehead atoms. The van der Waals surface area contributed by atoms with E-state index in [9.17, 15) is 4.39 Å². The van der Waals surface area contributed by atoms with E-state index in [0.717, 1.165) is 9.13 Å². The van der Waals surface area contributed by atoms with E-state index in [-0.39, 0.29) is 10.6 Å². The van der Waals surface area contributed by atoms with Gasteiger partial charge in [0.05, 0.1) is 4.83 Å². The molecule has 1 atom stereocenters. The first-order valence-electron chi connectivity index (χ1n) is 6.18. The Bertz CT molecular complexity index is 563. The summed E-state index contributed by atoms with van der Waals surface area (Å²) in [6.07, 6.45) is 0. The summed E-state index contributed by atoms with van der Waals surface area (Å²) in [6.45, 7) is 4.37. The second-order valence-corrected chi connectivity index (χ2v) is 6.93. The van der Waals surface area contributed by atoms with Crippen molar-refractivity contribution in [3.05, 3.63) is 68.5 Å². The number of benzene rings is 2. The first-order chi connectivity index (χ1) is 8.99. The normalized spacial score (nSPS) is 12.7. The Hall–Kier alpha value is -0.420. The molecule has 19 heavy (non-hydrogen) atoms. The van der Waals surface area contributed by atoms with Crippen molar-refractivity contribution in [1.82, 2.24) is 0 Å². The van der Waals surface area contributed by atoms with Crippen LogP contribution in [0.4, 0.5) is 4.39 Å². The van der Waals surface area contributed by atoms with Gasteiger partial charge in [-0.15, -0.1) is 0 Å². The van der Waals surface area contributed by atoms with Crippen LogP contribution in [0.1, 0.15) is 41.3 Å². The maximum Gasteiger partial charge on any atom is 0.124 e. The lowest BCUT2D eigenvalue weighted by Gasteiger charge is -2.14. The fourth-order valence-corrected chi connectivity index (χ4v) is 3.86. The fraction of sp³-hybridized carbons (Fsp3) is 0.250. The van der Waals surface area contributed by atoms with Crippen LogP contribution in [0.15, 0.2) is 42.5 Å². The van der Waals surface area contributed by atoms with Gasteiger partial charge in [0.15, 0.2) is 0 Å². The highest BCUT2D eigenvalue weighted by Gasteiger charge is 2.14. The largest absolute Gasteiger partial charge is 0.207 e. The van der Waals surface area contributed by atoms with Gasteiger partial charge in [-0.25, -0.2) is 4.39 Å². The Morgan fingerprint density at radius 2 is 1.58 bits per heavy atom. The Kier molecular flexibility index (Phi) is 5.01. The van der Waals surface area contributed by atoms with E-state index in [4.69, 9.17) is 0 Å². The highest BCUT2D eigenvalue weighted by molar-refractivity contribution is 14.1. The average molecular weight is 433 g/mol. The summed E-state index contributed by atoms with van der Waals surface area (Å²) < 4.78 is 14.1. The van der Waals surface area contributed by atoms with Crippen LogP contribution in [0.3, 0.4) is 0 Å². The van der Waals surface area contributed by atoms with Crippen molar-refractivity contribution < 1.29 is 4.39 Å². The number of alkyl halides is 1. The zero-order chi connectivity index (χ0) is 14.0. The number of hydrogen-bond acceptors (Lipinski definition) is 0. The standard InChI is InChI=1S/C16H15BrFI/c1-10(2)11-3-5-12(6-4-11)16(17)14-8-7-13(18)9-15(14)19/h3-10,16H,1-2H3. The zero-order valence-corrected chi connectivity index (χ0v) is 14.6. The molecule has 3 heteroatoms. The molecule has 0 saturated heterocycles. The predicted molar refractivity (Wildman–Crippen MR) is 90.4 cm³/mol. The second-order valence-electron chi connectivity index (χ2n) is 4.85. The van der Waals surface area contributed by atoms with Gasteiger partial charge in [0.25, 0.3) is 0 Å². The molecule has 2 rings (SSSR count). The first kappa shape index (κ1) is 15.0. The lowest BCUT2D eigenvalue weighted by molar-refractivity contribution is 0.626. The van der Waals surface area contributed by atoms with Gasteiger partial charge in [0.1, 0.15) is 5.82 Å². The zero-order valence-electron chi connectivity index (χ0n) is 10.8. The third kappa shape index (κ3) is 3.57. The Balaban J connectivity index is 2.30. The van der Waals surface area contributed by atoms with Crippen molar-refractivity contribution in [3.8, 4) is 0 Å². The van der Waals surface area contributed by atoms with Crippen molar-refractivity contribution in [2.75, 3.05) is 0 Å². The Morgan fingerprint density at radius 1 is 1.00 bits per heavy atom. The van der Waals surface area contributed by atoms with E-state index in [1.807, 2.05) is 6.07 Å². The van der Waals surface area contributed by atoms with Crippen molar-refractivity contribution >= 4 is 38.5 Å². The van der Waals surface area contributed by atoms with Crippen molar-refractivity contribution in [1.29, 1.82) is 0 Å². The van der Waals surface area contributed by atoms with Gasteiger partial charge in [-0.05, 0) is 57.3 Å². The summed E-state index contributed by atoms with van der Waals surface area (Å²) >= 11 is 5.88. The highest BCUT2D eigenvalue weighted by Crippen LogP contribution is 2.34. The maximum absolute atomic E-state index is 13.1. The van der Waals surface area contributed by atoms with Crippen LogP contribution in [-0.4, -0.2) is 0 Å². The molecule has 0 fully saturated rings. The van der Waals surface area contributed by atoms with E-state index in [0.29, 0.717) is 5.92 Å². The minimum atomic E-state index is -0.192. The molecule has 0 saturated carbocycles. The molecule has 0 amide bonds. The van der Waals surface area contributed by atoms with E-state index >= 15 is 0 Å². The fourth-order valence-electron chi connectivity index (χ4n) is 1.94. The molecule has 1 unspecified atom stereocenters. The monoisotopic (exact) mass is 432 g/mol. The van der Waals surface area contributed by atoms with Crippen LogP contribution < -0.4 is 0 Å². The molecule has 0 spiro atoms. The van der Waals surface area contributed by atoms with Crippen LogP contribution in [-0.2, 0) is 0 Å². The molecule has 0 aliphatic rings. The lowest BCUT2D eigenvalue weighted by atomic mass is 9.99. The molecule has 0 aliphatic carbocycles. The summed E-state index contributed by atoms with van der Waals surface area (Å²) in [6, 6.07) is 13.5. The van der Waals surface area contributed by atoms with Gasteiger partial charge in [-0.3, -0.25) is 0 Å². The SMILES string of the molecule is CC(C)c1ccc(C(Br)c2ccc(F)cc2I)cc1. The van der Waals surface area contributed by atoms with E-state index in [1.54, 1.807) is 6.07 Å². The maximum atomic E-state index is 13.1. The van der Waals surface area contributed by atoms with Crippen molar-refractivity contribution in [3.63, 3.8) is 0 Å². The molecule has 0 N–H and O–H groups in total. The van der Waals surface area contributed by atoms with Crippen molar-refractivity contribution in [2.45, 2.75) is 24.6 Å². The average Bonchev–Trinajstić information content (AvgIpc) is 2.38. The van der Waals surface area contributed by atoms with E-state index in [2.05, 4.69) is 76.6 Å². The molecular weight excluding hydrogens is 418 g/mol. The molecule has 0 aromatic heterocycles. The summed E-state index contributed by atoms with van der Waals surface area (Å²) in [5, 5.41) is 0. The lowest BCUT2D eigenvalue weighted by Crippen LogP contribution is -1.97. The number of hydrogen-bond donors (Lipinski definition) is 0.